The molecule has 2 N–H and O–H groups in total. The summed E-state index contributed by atoms with van der Waals surface area (Å²) < 4.78 is 0. The number of carbonyl (C=O) groups excluding carboxylic acids is 1. The van der Waals surface area contributed by atoms with Crippen molar-refractivity contribution < 1.29 is 4.79 Å². The quantitative estimate of drug-likeness (QED) is 0.664. The Bertz CT molecular complexity index is 725. The Kier molecular flexibility index (Phi) is 4.83. The van der Waals surface area contributed by atoms with E-state index >= 15 is 0 Å². The Labute approximate surface area is 136 Å². The highest BCUT2D eigenvalue weighted by molar-refractivity contribution is 7.99. The molecule has 0 aliphatic heterocycles. The molecule has 1 fully saturated rings. The SMILES string of the molecule is CC1CCCCC1NC(=O)CSc1nc2sccc2c(=O)[nH]1. The number of hydrogen-bond donors (Lipinski definition) is 2. The Morgan fingerprint density at radius 2 is 2.32 bits per heavy atom. The van der Waals surface area contributed by atoms with E-state index in [-0.39, 0.29) is 23.3 Å². The molecule has 0 saturated heterocycles. The van der Waals surface area contributed by atoms with Gasteiger partial charge in [-0.1, -0.05) is 31.5 Å². The molecule has 2 unspecified atom stereocenters. The lowest BCUT2D eigenvalue weighted by atomic mass is 9.86. The van der Waals surface area contributed by atoms with E-state index in [1.807, 2.05) is 5.38 Å². The highest BCUT2D eigenvalue weighted by Gasteiger charge is 2.22. The highest BCUT2D eigenvalue weighted by atomic mass is 32.2. The minimum Gasteiger partial charge on any atom is -0.352 e. The number of hydrogen-bond acceptors (Lipinski definition) is 5. The van der Waals surface area contributed by atoms with Gasteiger partial charge in [0, 0.05) is 6.04 Å². The number of nitrogens with one attached hydrogen (secondary N) is 2. The fraction of sp³-hybridized carbons (Fsp3) is 0.533. The fourth-order valence-corrected chi connectivity index (χ4v) is 4.32. The van der Waals surface area contributed by atoms with Crippen LogP contribution in [0.5, 0.6) is 0 Å². The molecule has 0 bridgehead atoms. The zero-order valence-corrected chi connectivity index (χ0v) is 14.1. The first-order valence-corrected chi connectivity index (χ1v) is 9.39. The molecule has 7 heteroatoms. The van der Waals surface area contributed by atoms with Crippen LogP contribution in [0.3, 0.4) is 0 Å². The predicted molar refractivity (Wildman–Crippen MR) is 90.5 cm³/mol. The van der Waals surface area contributed by atoms with Gasteiger partial charge in [-0.25, -0.2) is 4.98 Å². The summed E-state index contributed by atoms with van der Waals surface area (Å²) >= 11 is 2.71. The van der Waals surface area contributed by atoms with Gasteiger partial charge in [-0.2, -0.15) is 0 Å². The van der Waals surface area contributed by atoms with Gasteiger partial charge in [0.05, 0.1) is 11.1 Å². The average Bonchev–Trinajstić information content (AvgIpc) is 2.97. The maximum atomic E-state index is 12.1. The lowest BCUT2D eigenvalue weighted by Gasteiger charge is -2.29. The molecule has 1 aliphatic carbocycles. The van der Waals surface area contributed by atoms with Crippen LogP contribution in [-0.4, -0.2) is 27.7 Å². The van der Waals surface area contributed by atoms with Crippen LogP contribution in [0.15, 0.2) is 21.4 Å². The van der Waals surface area contributed by atoms with Crippen molar-refractivity contribution in [3.63, 3.8) is 0 Å². The molecule has 0 aromatic carbocycles. The Morgan fingerprint density at radius 3 is 3.14 bits per heavy atom. The fourth-order valence-electron chi connectivity index (χ4n) is 2.83. The second-order valence-electron chi connectivity index (χ2n) is 5.73. The molecule has 1 saturated carbocycles. The summed E-state index contributed by atoms with van der Waals surface area (Å²) in [7, 11) is 0. The molecule has 0 radical (unpaired) electrons. The van der Waals surface area contributed by atoms with Crippen molar-refractivity contribution in [2.45, 2.75) is 43.8 Å². The number of rotatable bonds is 4. The van der Waals surface area contributed by atoms with E-state index in [0.29, 0.717) is 21.3 Å². The minimum absolute atomic E-state index is 0.0117. The molecule has 118 valence electrons. The van der Waals surface area contributed by atoms with Crippen LogP contribution in [-0.2, 0) is 4.79 Å². The lowest BCUT2D eigenvalue weighted by Crippen LogP contribution is -2.41. The molecule has 2 aromatic rings. The molecule has 1 amide bonds. The zero-order valence-electron chi connectivity index (χ0n) is 12.4. The first kappa shape index (κ1) is 15.6. The van der Waals surface area contributed by atoms with Crippen molar-refractivity contribution in [2.75, 3.05) is 5.75 Å². The van der Waals surface area contributed by atoms with Crippen molar-refractivity contribution in [1.82, 2.24) is 15.3 Å². The summed E-state index contributed by atoms with van der Waals surface area (Å²) in [6, 6.07) is 2.05. The van der Waals surface area contributed by atoms with Gasteiger partial charge in [0.15, 0.2) is 5.16 Å². The maximum absolute atomic E-state index is 12.1. The van der Waals surface area contributed by atoms with Gasteiger partial charge < -0.3 is 10.3 Å². The van der Waals surface area contributed by atoms with E-state index in [1.165, 1.54) is 42.4 Å². The smallest absolute Gasteiger partial charge is 0.260 e. The van der Waals surface area contributed by atoms with Crippen LogP contribution < -0.4 is 10.9 Å². The summed E-state index contributed by atoms with van der Waals surface area (Å²) in [5.74, 6) is 0.837. The third-order valence-electron chi connectivity index (χ3n) is 4.11. The molecule has 5 nitrogen and oxygen atoms in total. The second kappa shape index (κ2) is 6.83. The first-order chi connectivity index (χ1) is 10.6. The van der Waals surface area contributed by atoms with Crippen LogP contribution in [0.2, 0.25) is 0 Å². The lowest BCUT2D eigenvalue weighted by molar-refractivity contribution is -0.119. The maximum Gasteiger partial charge on any atom is 0.260 e. The number of carbonyl (C=O) groups is 1. The molecule has 3 rings (SSSR count). The molecule has 2 heterocycles. The van der Waals surface area contributed by atoms with Crippen molar-refractivity contribution >= 4 is 39.2 Å². The first-order valence-electron chi connectivity index (χ1n) is 7.53. The second-order valence-corrected chi connectivity index (χ2v) is 7.59. The minimum atomic E-state index is -0.143. The van der Waals surface area contributed by atoms with Crippen molar-refractivity contribution in [3.8, 4) is 0 Å². The van der Waals surface area contributed by atoms with E-state index in [9.17, 15) is 9.59 Å². The van der Waals surface area contributed by atoms with E-state index in [2.05, 4.69) is 22.2 Å². The molecular weight excluding hydrogens is 318 g/mol. The number of nitrogens with zero attached hydrogens (tertiary/aromatic N) is 1. The zero-order chi connectivity index (χ0) is 15.5. The Morgan fingerprint density at radius 1 is 1.50 bits per heavy atom. The highest BCUT2D eigenvalue weighted by Crippen LogP contribution is 2.24. The molecule has 0 spiro atoms. The molecule has 22 heavy (non-hydrogen) atoms. The summed E-state index contributed by atoms with van der Waals surface area (Å²) in [4.78, 5) is 31.8. The van der Waals surface area contributed by atoms with Crippen LogP contribution in [0.25, 0.3) is 10.2 Å². The number of amides is 1. The van der Waals surface area contributed by atoms with E-state index < -0.39 is 0 Å². The van der Waals surface area contributed by atoms with Crippen molar-refractivity contribution in [3.05, 3.63) is 21.8 Å². The Hall–Kier alpha value is -1.34. The predicted octanol–water partition coefficient (Wildman–Crippen LogP) is 2.77. The van der Waals surface area contributed by atoms with Crippen LogP contribution in [0.1, 0.15) is 32.6 Å². The van der Waals surface area contributed by atoms with Crippen molar-refractivity contribution in [1.29, 1.82) is 0 Å². The van der Waals surface area contributed by atoms with Gasteiger partial charge in [0.2, 0.25) is 5.91 Å². The summed E-state index contributed by atoms with van der Waals surface area (Å²) in [5.41, 5.74) is -0.143. The van der Waals surface area contributed by atoms with Gasteiger partial charge in [-0.05, 0) is 30.2 Å². The number of fused-ring (bicyclic) bond motifs is 1. The van der Waals surface area contributed by atoms with Gasteiger partial charge in [0.25, 0.3) is 5.56 Å². The van der Waals surface area contributed by atoms with Gasteiger partial charge in [0.1, 0.15) is 4.83 Å². The summed E-state index contributed by atoms with van der Waals surface area (Å²) in [5, 5.41) is 6.07. The van der Waals surface area contributed by atoms with E-state index in [0.717, 1.165) is 6.42 Å². The van der Waals surface area contributed by atoms with Crippen LogP contribution in [0.4, 0.5) is 0 Å². The molecular formula is C15H19N3O2S2. The standard InChI is InChI=1S/C15H19N3O2S2/c1-9-4-2-3-5-11(9)16-12(19)8-22-15-17-13(20)10-6-7-21-14(10)18-15/h6-7,9,11H,2-5,8H2,1H3,(H,16,19)(H,17,18,20). The average molecular weight is 337 g/mol. The van der Waals surface area contributed by atoms with Gasteiger partial charge in [-0.3, -0.25) is 9.59 Å². The monoisotopic (exact) mass is 337 g/mol. The third-order valence-corrected chi connectivity index (χ3v) is 5.79. The van der Waals surface area contributed by atoms with E-state index in [4.69, 9.17) is 0 Å². The topological polar surface area (TPSA) is 74.8 Å². The number of H-pyrrole nitrogens is 1. The van der Waals surface area contributed by atoms with Crippen LogP contribution >= 0.6 is 23.1 Å². The number of thiophene rings is 1. The Balaban J connectivity index is 1.58. The molecule has 1 aliphatic rings. The normalized spacial score (nSPS) is 21.9. The van der Waals surface area contributed by atoms with E-state index in [1.54, 1.807) is 6.07 Å². The van der Waals surface area contributed by atoms with Crippen molar-refractivity contribution in [2.24, 2.45) is 5.92 Å². The number of aromatic nitrogens is 2. The van der Waals surface area contributed by atoms with Crippen LogP contribution in [0, 0.1) is 5.92 Å². The van der Waals surface area contributed by atoms with Gasteiger partial charge in [-0.15, -0.1) is 11.3 Å². The number of thioether (sulfide) groups is 1. The summed E-state index contributed by atoms with van der Waals surface area (Å²) in [6.07, 6.45) is 4.69. The largest absolute Gasteiger partial charge is 0.352 e. The molecule has 2 aromatic heterocycles. The third kappa shape index (κ3) is 3.52. The van der Waals surface area contributed by atoms with Gasteiger partial charge >= 0.3 is 0 Å². The molecule has 2 atom stereocenters. The summed E-state index contributed by atoms with van der Waals surface area (Å²) in [6.45, 7) is 2.20. The number of aromatic amines is 1.